The second kappa shape index (κ2) is 7.57. The fourth-order valence-electron chi connectivity index (χ4n) is 2.63. The lowest BCUT2D eigenvalue weighted by Crippen LogP contribution is -2.25. The van der Waals surface area contributed by atoms with Gasteiger partial charge in [0.15, 0.2) is 6.10 Å². The molecule has 0 unspecified atom stereocenters. The molecular formula is C20H19NO3S. The van der Waals surface area contributed by atoms with Gasteiger partial charge in [-0.1, -0.05) is 36.4 Å². The van der Waals surface area contributed by atoms with Crippen LogP contribution in [0.3, 0.4) is 0 Å². The minimum absolute atomic E-state index is 0.177. The van der Waals surface area contributed by atoms with Crippen molar-refractivity contribution in [3.63, 3.8) is 0 Å². The van der Waals surface area contributed by atoms with Crippen LogP contribution in [0, 0.1) is 6.92 Å². The highest BCUT2D eigenvalue weighted by atomic mass is 32.2. The lowest BCUT2D eigenvalue weighted by atomic mass is 10.1. The van der Waals surface area contributed by atoms with E-state index >= 15 is 0 Å². The van der Waals surface area contributed by atoms with E-state index in [1.54, 1.807) is 13.1 Å². The number of thioether (sulfide) groups is 1. The van der Waals surface area contributed by atoms with Crippen molar-refractivity contribution in [2.75, 3.05) is 5.75 Å². The van der Waals surface area contributed by atoms with Crippen LogP contribution in [0.2, 0.25) is 0 Å². The third-order valence-corrected chi connectivity index (χ3v) is 5.12. The average molecular weight is 353 g/mol. The van der Waals surface area contributed by atoms with Gasteiger partial charge in [-0.25, -0.2) is 0 Å². The number of fused-ring (bicyclic) bond motifs is 1. The molecule has 4 nitrogen and oxygen atoms in total. The number of esters is 1. The van der Waals surface area contributed by atoms with Crippen molar-refractivity contribution in [3.05, 3.63) is 65.9 Å². The second-order valence-electron chi connectivity index (χ2n) is 5.80. The summed E-state index contributed by atoms with van der Waals surface area (Å²) in [4.78, 5) is 28.8. The lowest BCUT2D eigenvalue weighted by molar-refractivity contribution is -0.143. The van der Waals surface area contributed by atoms with Crippen LogP contribution in [0.1, 0.15) is 22.8 Å². The van der Waals surface area contributed by atoms with Crippen molar-refractivity contribution in [2.45, 2.75) is 24.8 Å². The Labute approximate surface area is 150 Å². The van der Waals surface area contributed by atoms with E-state index in [2.05, 4.69) is 4.98 Å². The normalized spacial score (nSPS) is 12.1. The fraction of sp³-hybridized carbons (Fsp3) is 0.200. The Morgan fingerprint density at radius 1 is 1.12 bits per heavy atom. The van der Waals surface area contributed by atoms with Crippen LogP contribution in [0.5, 0.6) is 0 Å². The Hall–Kier alpha value is -2.53. The van der Waals surface area contributed by atoms with Crippen LogP contribution >= 0.6 is 11.8 Å². The summed E-state index contributed by atoms with van der Waals surface area (Å²) >= 11 is 1.42. The Bertz CT molecular complexity index is 916. The van der Waals surface area contributed by atoms with E-state index in [9.17, 15) is 9.59 Å². The van der Waals surface area contributed by atoms with Crippen LogP contribution in [-0.2, 0) is 9.53 Å². The lowest BCUT2D eigenvalue weighted by Gasteiger charge is -2.12. The maximum atomic E-state index is 12.6. The highest BCUT2D eigenvalue weighted by molar-refractivity contribution is 8.00. The summed E-state index contributed by atoms with van der Waals surface area (Å²) < 4.78 is 5.32. The summed E-state index contributed by atoms with van der Waals surface area (Å²) in [6.45, 7) is 3.61. The summed E-state index contributed by atoms with van der Waals surface area (Å²) in [5.41, 5.74) is 2.55. The fourth-order valence-corrected chi connectivity index (χ4v) is 3.45. The number of ether oxygens (including phenoxy) is 1. The number of benzene rings is 2. The number of ketones is 1. The van der Waals surface area contributed by atoms with Gasteiger partial charge in [0, 0.05) is 27.6 Å². The molecule has 0 saturated carbocycles. The Morgan fingerprint density at radius 3 is 2.64 bits per heavy atom. The summed E-state index contributed by atoms with van der Waals surface area (Å²) in [6, 6.07) is 15.4. The monoisotopic (exact) mass is 353 g/mol. The van der Waals surface area contributed by atoms with Gasteiger partial charge in [0.2, 0.25) is 5.78 Å². The van der Waals surface area contributed by atoms with Gasteiger partial charge < -0.3 is 9.72 Å². The van der Waals surface area contributed by atoms with Crippen molar-refractivity contribution < 1.29 is 14.3 Å². The van der Waals surface area contributed by atoms with Gasteiger partial charge in [0.05, 0.1) is 5.75 Å². The third-order valence-electron chi connectivity index (χ3n) is 3.97. The minimum Gasteiger partial charge on any atom is -0.454 e. The molecule has 0 bridgehead atoms. The van der Waals surface area contributed by atoms with Gasteiger partial charge >= 0.3 is 5.97 Å². The first-order chi connectivity index (χ1) is 12.1. The summed E-state index contributed by atoms with van der Waals surface area (Å²) in [5.74, 6) is -0.420. The molecule has 0 amide bonds. The average Bonchev–Trinajstić information content (AvgIpc) is 3.04. The number of hydrogen-bond acceptors (Lipinski definition) is 4. The number of H-pyrrole nitrogens is 1. The molecule has 1 N–H and O–H groups in total. The number of carbonyl (C=O) groups is 2. The Kier molecular flexibility index (Phi) is 5.24. The number of aryl methyl sites for hydroxylation is 1. The number of aromatic amines is 1. The predicted molar refractivity (Wildman–Crippen MR) is 100 cm³/mol. The molecule has 2 aromatic carbocycles. The molecule has 0 radical (unpaired) electrons. The zero-order valence-corrected chi connectivity index (χ0v) is 14.9. The van der Waals surface area contributed by atoms with Crippen molar-refractivity contribution in [1.29, 1.82) is 0 Å². The van der Waals surface area contributed by atoms with Gasteiger partial charge in [-0.15, -0.1) is 11.8 Å². The molecular weight excluding hydrogens is 334 g/mol. The molecule has 1 atom stereocenters. The van der Waals surface area contributed by atoms with Crippen LogP contribution in [0.25, 0.3) is 10.9 Å². The molecule has 0 fully saturated rings. The molecule has 0 saturated heterocycles. The largest absolute Gasteiger partial charge is 0.454 e. The maximum Gasteiger partial charge on any atom is 0.316 e. The zero-order chi connectivity index (χ0) is 17.8. The first-order valence-corrected chi connectivity index (χ1v) is 9.03. The summed E-state index contributed by atoms with van der Waals surface area (Å²) in [5, 5.41) is 0.838. The van der Waals surface area contributed by atoms with Gasteiger partial charge in [-0.3, -0.25) is 9.59 Å². The predicted octanol–water partition coefficient (Wildman–Crippen LogP) is 4.38. The number of hydrogen-bond donors (Lipinski definition) is 1. The standard InChI is InChI=1S/C20H19NO3S/c1-13-7-3-6-10-18(13)25-12-19(22)24-14(2)20(23)16-11-21-17-9-5-4-8-15(16)17/h3-11,14,21H,12H2,1-2H3/t14-/m0/s1. The minimum atomic E-state index is -0.816. The molecule has 128 valence electrons. The van der Waals surface area contributed by atoms with E-state index < -0.39 is 12.1 Å². The summed E-state index contributed by atoms with van der Waals surface area (Å²) in [6.07, 6.45) is 0.851. The third kappa shape index (κ3) is 3.94. The Balaban J connectivity index is 1.61. The first kappa shape index (κ1) is 17.3. The molecule has 3 aromatic rings. The number of para-hydroxylation sites is 1. The smallest absolute Gasteiger partial charge is 0.316 e. The summed E-state index contributed by atoms with van der Waals surface area (Å²) in [7, 11) is 0. The number of carbonyl (C=O) groups excluding carboxylic acids is 2. The molecule has 1 heterocycles. The highest BCUT2D eigenvalue weighted by Crippen LogP contribution is 2.23. The molecule has 0 aliphatic rings. The second-order valence-corrected chi connectivity index (χ2v) is 6.82. The van der Waals surface area contributed by atoms with E-state index in [1.807, 2.05) is 55.5 Å². The quantitative estimate of drug-likeness (QED) is 0.406. The van der Waals surface area contributed by atoms with Crippen molar-refractivity contribution in [1.82, 2.24) is 4.98 Å². The SMILES string of the molecule is Cc1ccccc1SCC(=O)O[C@@H](C)C(=O)c1c[nH]c2ccccc12. The van der Waals surface area contributed by atoms with Crippen LogP contribution < -0.4 is 0 Å². The topological polar surface area (TPSA) is 59.2 Å². The number of aromatic nitrogens is 1. The maximum absolute atomic E-state index is 12.6. The van der Waals surface area contributed by atoms with Crippen molar-refractivity contribution in [3.8, 4) is 0 Å². The van der Waals surface area contributed by atoms with Crippen LogP contribution in [0.15, 0.2) is 59.6 Å². The molecule has 25 heavy (non-hydrogen) atoms. The number of Topliss-reactive ketones (excluding diaryl/α,β-unsaturated/α-hetero) is 1. The molecule has 5 heteroatoms. The van der Waals surface area contributed by atoms with E-state index in [-0.39, 0.29) is 11.5 Å². The highest BCUT2D eigenvalue weighted by Gasteiger charge is 2.22. The molecule has 1 aromatic heterocycles. The van der Waals surface area contributed by atoms with Gasteiger partial charge in [0.1, 0.15) is 0 Å². The number of rotatable bonds is 6. The first-order valence-electron chi connectivity index (χ1n) is 8.04. The van der Waals surface area contributed by atoms with Gasteiger partial charge in [0.25, 0.3) is 0 Å². The molecule has 0 aliphatic carbocycles. The van der Waals surface area contributed by atoms with Crippen LogP contribution in [-0.4, -0.2) is 28.6 Å². The van der Waals surface area contributed by atoms with E-state index in [1.165, 1.54) is 11.8 Å². The van der Waals surface area contributed by atoms with E-state index in [4.69, 9.17) is 4.74 Å². The molecule has 0 spiro atoms. The molecule has 3 rings (SSSR count). The van der Waals surface area contributed by atoms with E-state index in [0.29, 0.717) is 5.56 Å². The van der Waals surface area contributed by atoms with E-state index in [0.717, 1.165) is 21.4 Å². The molecule has 0 aliphatic heterocycles. The van der Waals surface area contributed by atoms with Crippen molar-refractivity contribution in [2.24, 2.45) is 0 Å². The Morgan fingerprint density at radius 2 is 1.84 bits per heavy atom. The zero-order valence-electron chi connectivity index (χ0n) is 14.1. The number of nitrogens with one attached hydrogen (secondary N) is 1. The van der Waals surface area contributed by atoms with Crippen molar-refractivity contribution >= 4 is 34.4 Å². The van der Waals surface area contributed by atoms with Gasteiger partial charge in [-0.05, 0) is 31.5 Å². The van der Waals surface area contributed by atoms with Gasteiger partial charge in [-0.2, -0.15) is 0 Å². The van der Waals surface area contributed by atoms with Crippen LogP contribution in [0.4, 0.5) is 0 Å².